The topological polar surface area (TPSA) is 52.6 Å². The average Bonchev–Trinajstić information content (AvgIpc) is 3.64. The van der Waals surface area contributed by atoms with Gasteiger partial charge in [-0.25, -0.2) is 4.79 Å². The van der Waals surface area contributed by atoms with Crippen LogP contribution in [0.4, 0.5) is 0 Å². The van der Waals surface area contributed by atoms with Gasteiger partial charge in [0.1, 0.15) is 6.61 Å². The third-order valence-corrected chi connectivity index (χ3v) is 7.95. The molecule has 0 spiro atoms. The summed E-state index contributed by atoms with van der Waals surface area (Å²) in [6, 6.07) is 25.7. The van der Waals surface area contributed by atoms with Crippen LogP contribution in [0.25, 0.3) is 21.6 Å². The Labute approximate surface area is 219 Å². The summed E-state index contributed by atoms with van der Waals surface area (Å²) in [5.74, 6) is -0.565. The van der Waals surface area contributed by atoms with Crippen LogP contribution in [0.2, 0.25) is 5.02 Å². The van der Waals surface area contributed by atoms with Crippen LogP contribution in [-0.4, -0.2) is 18.5 Å². The van der Waals surface area contributed by atoms with Gasteiger partial charge in [0.15, 0.2) is 0 Å². The molecule has 6 heteroatoms. The van der Waals surface area contributed by atoms with Crippen molar-refractivity contribution in [2.75, 3.05) is 6.61 Å². The van der Waals surface area contributed by atoms with Gasteiger partial charge in [0.05, 0.1) is 27.5 Å². The van der Waals surface area contributed by atoms with Crippen molar-refractivity contribution in [1.29, 1.82) is 0 Å². The minimum absolute atomic E-state index is 0.130. The van der Waals surface area contributed by atoms with Gasteiger partial charge in [-0.2, -0.15) is 0 Å². The van der Waals surface area contributed by atoms with Crippen LogP contribution in [0, 0.1) is 0 Å². The first-order valence-electron chi connectivity index (χ1n) is 11.9. The molecule has 1 saturated carbocycles. The third kappa shape index (κ3) is 4.81. The monoisotopic (exact) mass is 516 g/mol. The molecule has 0 aliphatic heterocycles. The second-order valence-electron chi connectivity index (χ2n) is 8.81. The van der Waals surface area contributed by atoms with E-state index in [1.165, 1.54) is 11.3 Å². The second kappa shape index (κ2) is 10.3. The molecule has 0 amide bonds. The van der Waals surface area contributed by atoms with Crippen LogP contribution < -0.4 is 0 Å². The molecule has 182 valence electrons. The zero-order valence-corrected chi connectivity index (χ0v) is 21.4. The highest BCUT2D eigenvalue weighted by molar-refractivity contribution is 7.14. The van der Waals surface area contributed by atoms with Crippen LogP contribution in [0.1, 0.15) is 41.3 Å². The third-order valence-electron chi connectivity index (χ3n) is 6.50. The molecule has 5 rings (SSSR count). The number of rotatable bonds is 8. The molecule has 0 atom stereocenters. The highest BCUT2D eigenvalue weighted by Gasteiger charge is 2.52. The zero-order valence-electron chi connectivity index (χ0n) is 19.8. The normalized spacial score (nSPS) is 13.7. The lowest BCUT2D eigenvalue weighted by atomic mass is 9.93. The van der Waals surface area contributed by atoms with E-state index in [1.807, 2.05) is 85.8 Å². The fourth-order valence-electron chi connectivity index (χ4n) is 4.34. The van der Waals surface area contributed by atoms with Crippen molar-refractivity contribution in [3.63, 3.8) is 0 Å². The summed E-state index contributed by atoms with van der Waals surface area (Å²) in [4.78, 5) is 26.0. The summed E-state index contributed by atoms with van der Waals surface area (Å²) in [6.07, 6.45) is 1.67. The summed E-state index contributed by atoms with van der Waals surface area (Å²) in [7, 11) is 0. The number of thiophene rings is 1. The summed E-state index contributed by atoms with van der Waals surface area (Å²) in [6.45, 7) is 2.42. The van der Waals surface area contributed by atoms with Gasteiger partial charge in [0, 0.05) is 5.38 Å². The number of esters is 2. The van der Waals surface area contributed by atoms with E-state index in [0.717, 1.165) is 45.5 Å². The first-order chi connectivity index (χ1) is 17.5. The molecule has 1 aliphatic carbocycles. The first kappa shape index (κ1) is 24.3. The number of carbonyl (C=O) groups is 2. The fourth-order valence-corrected chi connectivity index (χ4v) is 5.62. The minimum atomic E-state index is -0.470. The number of benzene rings is 3. The van der Waals surface area contributed by atoms with Crippen molar-refractivity contribution in [3.05, 3.63) is 106 Å². The SMILES string of the molecule is CCOC(=O)C1(c2ccc(-c3ccc(-c4scc(Cl)c4C(=O)OCc4ccccc4)cc3)cc2)CC1. The van der Waals surface area contributed by atoms with Gasteiger partial charge in [0.2, 0.25) is 0 Å². The quantitative estimate of drug-likeness (QED) is 0.225. The summed E-state index contributed by atoms with van der Waals surface area (Å²) in [5, 5.41) is 2.16. The lowest BCUT2D eigenvalue weighted by molar-refractivity contribution is -0.146. The number of carbonyl (C=O) groups excluding carboxylic acids is 2. The molecule has 1 aliphatic rings. The number of hydrogen-bond acceptors (Lipinski definition) is 5. The van der Waals surface area contributed by atoms with Crippen molar-refractivity contribution < 1.29 is 19.1 Å². The van der Waals surface area contributed by atoms with E-state index in [4.69, 9.17) is 21.1 Å². The molecular formula is C30H25ClO4S. The molecule has 0 N–H and O–H groups in total. The van der Waals surface area contributed by atoms with Gasteiger partial charge in [-0.05, 0) is 47.6 Å². The van der Waals surface area contributed by atoms with E-state index in [1.54, 1.807) is 5.38 Å². The largest absolute Gasteiger partial charge is 0.465 e. The van der Waals surface area contributed by atoms with E-state index in [2.05, 4.69) is 0 Å². The molecule has 0 bridgehead atoms. The highest BCUT2D eigenvalue weighted by Crippen LogP contribution is 2.49. The van der Waals surface area contributed by atoms with Crippen molar-refractivity contribution in [2.24, 2.45) is 0 Å². The van der Waals surface area contributed by atoms with Crippen LogP contribution in [-0.2, 0) is 26.3 Å². The van der Waals surface area contributed by atoms with E-state index < -0.39 is 11.4 Å². The molecular weight excluding hydrogens is 492 g/mol. The van der Waals surface area contributed by atoms with Crippen LogP contribution in [0.5, 0.6) is 0 Å². The minimum Gasteiger partial charge on any atom is -0.465 e. The highest BCUT2D eigenvalue weighted by atomic mass is 35.5. The summed E-state index contributed by atoms with van der Waals surface area (Å²) in [5.41, 5.74) is 4.85. The van der Waals surface area contributed by atoms with E-state index in [9.17, 15) is 9.59 Å². The van der Waals surface area contributed by atoms with Gasteiger partial charge in [-0.1, -0.05) is 90.5 Å². The van der Waals surface area contributed by atoms with Crippen molar-refractivity contribution in [2.45, 2.75) is 31.8 Å². The van der Waals surface area contributed by atoms with E-state index >= 15 is 0 Å². The molecule has 1 fully saturated rings. The van der Waals surface area contributed by atoms with Gasteiger partial charge >= 0.3 is 11.9 Å². The van der Waals surface area contributed by atoms with Crippen molar-refractivity contribution in [1.82, 2.24) is 0 Å². The Kier molecular flexibility index (Phi) is 6.95. The molecule has 0 radical (unpaired) electrons. The van der Waals surface area contributed by atoms with Crippen LogP contribution in [0.3, 0.4) is 0 Å². The number of hydrogen-bond donors (Lipinski definition) is 0. The maximum Gasteiger partial charge on any atom is 0.341 e. The smallest absolute Gasteiger partial charge is 0.341 e. The van der Waals surface area contributed by atoms with Gasteiger partial charge in [-0.15, -0.1) is 11.3 Å². The maximum absolute atomic E-state index is 12.9. The maximum atomic E-state index is 12.9. The predicted octanol–water partition coefficient (Wildman–Crippen LogP) is 7.69. The van der Waals surface area contributed by atoms with Crippen molar-refractivity contribution in [3.8, 4) is 21.6 Å². The Morgan fingerprint density at radius 1 is 0.861 bits per heavy atom. The molecule has 0 saturated heterocycles. The Morgan fingerprint density at radius 2 is 1.47 bits per heavy atom. The lowest BCUT2D eigenvalue weighted by Crippen LogP contribution is -2.23. The van der Waals surface area contributed by atoms with Gasteiger partial charge in [-0.3, -0.25) is 4.79 Å². The fraction of sp³-hybridized carbons (Fsp3) is 0.200. The van der Waals surface area contributed by atoms with Crippen LogP contribution in [0.15, 0.2) is 84.2 Å². The van der Waals surface area contributed by atoms with E-state index in [0.29, 0.717) is 17.2 Å². The standard InChI is InChI=1S/C30H25ClO4S/c1-2-34-29(33)30(16-17-30)24-14-12-22(13-15-24)21-8-10-23(11-9-21)27-26(25(31)19-36-27)28(32)35-18-20-6-4-3-5-7-20/h3-15,19H,2,16-18H2,1H3. The number of ether oxygens (including phenoxy) is 2. The Hall–Kier alpha value is -3.41. The zero-order chi connectivity index (χ0) is 25.1. The lowest BCUT2D eigenvalue weighted by Gasteiger charge is -2.14. The molecule has 36 heavy (non-hydrogen) atoms. The first-order valence-corrected chi connectivity index (χ1v) is 13.1. The second-order valence-corrected chi connectivity index (χ2v) is 10.1. The Bertz CT molecular complexity index is 1370. The molecule has 3 aromatic carbocycles. The number of halogens is 1. The van der Waals surface area contributed by atoms with Gasteiger partial charge in [0.25, 0.3) is 0 Å². The molecule has 4 nitrogen and oxygen atoms in total. The predicted molar refractivity (Wildman–Crippen MR) is 143 cm³/mol. The van der Waals surface area contributed by atoms with Crippen molar-refractivity contribution >= 4 is 34.9 Å². The average molecular weight is 517 g/mol. The molecule has 1 aromatic heterocycles. The molecule has 4 aromatic rings. The summed E-state index contributed by atoms with van der Waals surface area (Å²) < 4.78 is 10.8. The van der Waals surface area contributed by atoms with E-state index in [-0.39, 0.29) is 12.6 Å². The Morgan fingerprint density at radius 3 is 2.08 bits per heavy atom. The summed E-state index contributed by atoms with van der Waals surface area (Å²) >= 11 is 7.80. The molecule has 0 unspecified atom stereocenters. The van der Waals surface area contributed by atoms with Gasteiger partial charge < -0.3 is 9.47 Å². The molecule has 1 heterocycles. The van der Waals surface area contributed by atoms with Crippen LogP contribution >= 0.6 is 22.9 Å². The Balaban J connectivity index is 1.32.